The number of carbonyl (C=O) groups is 1. The Balaban J connectivity index is 1.88. The van der Waals surface area contributed by atoms with E-state index in [0.717, 1.165) is 26.3 Å². The first-order chi connectivity index (χ1) is 6.96. The van der Waals surface area contributed by atoms with Gasteiger partial charge in [0.1, 0.15) is 5.60 Å². The maximum atomic E-state index is 11.8. The SMILES string of the molecule is CC(C)(C)OC(=O)N1C[C@H]2COC[C@H]2C1. The van der Waals surface area contributed by atoms with Gasteiger partial charge >= 0.3 is 6.09 Å². The minimum absolute atomic E-state index is 0.183. The maximum Gasteiger partial charge on any atom is 0.410 e. The highest BCUT2D eigenvalue weighted by Crippen LogP contribution is 2.29. The molecule has 0 N–H and O–H groups in total. The zero-order valence-electron chi connectivity index (χ0n) is 9.66. The first-order valence-corrected chi connectivity index (χ1v) is 5.51. The van der Waals surface area contributed by atoms with Gasteiger partial charge in [-0.2, -0.15) is 0 Å². The average Bonchev–Trinajstić information content (AvgIpc) is 2.56. The fraction of sp³-hybridized carbons (Fsp3) is 0.909. The molecule has 0 saturated carbocycles. The second-order valence-corrected chi connectivity index (χ2v) is 5.44. The van der Waals surface area contributed by atoms with Gasteiger partial charge in [-0.15, -0.1) is 0 Å². The molecule has 2 fully saturated rings. The molecular weight excluding hydrogens is 194 g/mol. The molecule has 2 rings (SSSR count). The molecule has 1 amide bonds. The first-order valence-electron chi connectivity index (χ1n) is 5.51. The van der Waals surface area contributed by atoms with Crippen LogP contribution in [0.5, 0.6) is 0 Å². The van der Waals surface area contributed by atoms with Gasteiger partial charge in [-0.3, -0.25) is 0 Å². The molecule has 2 atom stereocenters. The Labute approximate surface area is 90.5 Å². The van der Waals surface area contributed by atoms with Crippen molar-refractivity contribution in [2.24, 2.45) is 11.8 Å². The summed E-state index contributed by atoms with van der Waals surface area (Å²) < 4.78 is 10.7. The van der Waals surface area contributed by atoms with E-state index in [-0.39, 0.29) is 6.09 Å². The number of hydrogen-bond donors (Lipinski definition) is 0. The summed E-state index contributed by atoms with van der Waals surface area (Å²) in [4.78, 5) is 13.6. The zero-order valence-corrected chi connectivity index (χ0v) is 9.66. The topological polar surface area (TPSA) is 38.8 Å². The lowest BCUT2D eigenvalue weighted by Gasteiger charge is -2.24. The molecule has 0 radical (unpaired) electrons. The van der Waals surface area contributed by atoms with E-state index in [1.165, 1.54) is 0 Å². The zero-order chi connectivity index (χ0) is 11.1. The molecule has 4 heteroatoms. The van der Waals surface area contributed by atoms with Crippen molar-refractivity contribution in [2.75, 3.05) is 26.3 Å². The van der Waals surface area contributed by atoms with Crippen LogP contribution in [0.3, 0.4) is 0 Å². The van der Waals surface area contributed by atoms with E-state index < -0.39 is 5.60 Å². The molecule has 2 heterocycles. The van der Waals surface area contributed by atoms with Crippen LogP contribution < -0.4 is 0 Å². The summed E-state index contributed by atoms with van der Waals surface area (Å²) in [6, 6.07) is 0. The number of hydrogen-bond acceptors (Lipinski definition) is 3. The predicted octanol–water partition coefficient (Wildman–Crippen LogP) is 1.50. The summed E-state index contributed by atoms with van der Waals surface area (Å²) in [7, 11) is 0. The van der Waals surface area contributed by atoms with Crippen molar-refractivity contribution >= 4 is 6.09 Å². The Morgan fingerprint density at radius 3 is 2.27 bits per heavy atom. The lowest BCUT2D eigenvalue weighted by molar-refractivity contribution is 0.0259. The van der Waals surface area contributed by atoms with E-state index in [1.54, 1.807) is 0 Å². The molecule has 0 aromatic heterocycles. The summed E-state index contributed by atoms with van der Waals surface area (Å²) in [6.07, 6.45) is -0.183. The van der Waals surface area contributed by atoms with Crippen molar-refractivity contribution in [2.45, 2.75) is 26.4 Å². The summed E-state index contributed by atoms with van der Waals surface area (Å²) in [6.45, 7) is 8.85. The molecule has 86 valence electrons. The molecular formula is C11H19NO3. The highest BCUT2D eigenvalue weighted by molar-refractivity contribution is 5.68. The van der Waals surface area contributed by atoms with Gasteiger partial charge < -0.3 is 14.4 Å². The van der Waals surface area contributed by atoms with Gasteiger partial charge in [-0.05, 0) is 20.8 Å². The van der Waals surface area contributed by atoms with Crippen LogP contribution in [0.1, 0.15) is 20.8 Å². The van der Waals surface area contributed by atoms with Crippen molar-refractivity contribution in [3.05, 3.63) is 0 Å². The van der Waals surface area contributed by atoms with Crippen LogP contribution in [0.15, 0.2) is 0 Å². The lowest BCUT2D eigenvalue weighted by atomic mass is 10.0. The summed E-state index contributed by atoms with van der Waals surface area (Å²) in [5, 5.41) is 0. The highest BCUT2D eigenvalue weighted by atomic mass is 16.6. The van der Waals surface area contributed by atoms with Gasteiger partial charge in [-0.1, -0.05) is 0 Å². The Bertz CT molecular complexity index is 247. The van der Waals surface area contributed by atoms with E-state index >= 15 is 0 Å². The van der Waals surface area contributed by atoms with Crippen LogP contribution >= 0.6 is 0 Å². The molecule has 0 spiro atoms. The molecule has 0 aromatic carbocycles. The molecule has 0 bridgehead atoms. The molecule has 2 aliphatic rings. The van der Waals surface area contributed by atoms with Crippen molar-refractivity contribution in [1.82, 2.24) is 4.90 Å². The summed E-state index contributed by atoms with van der Waals surface area (Å²) >= 11 is 0. The number of amides is 1. The second kappa shape index (κ2) is 3.67. The Morgan fingerprint density at radius 1 is 1.27 bits per heavy atom. The minimum Gasteiger partial charge on any atom is -0.444 e. The summed E-state index contributed by atoms with van der Waals surface area (Å²) in [5.74, 6) is 1.05. The molecule has 0 unspecified atom stereocenters. The molecule has 0 aromatic rings. The third-order valence-corrected chi connectivity index (χ3v) is 2.89. The van der Waals surface area contributed by atoms with Crippen LogP contribution in [0, 0.1) is 11.8 Å². The predicted molar refractivity (Wildman–Crippen MR) is 55.6 cm³/mol. The Morgan fingerprint density at radius 2 is 1.80 bits per heavy atom. The van der Waals surface area contributed by atoms with Crippen molar-refractivity contribution in [1.29, 1.82) is 0 Å². The smallest absolute Gasteiger partial charge is 0.410 e. The van der Waals surface area contributed by atoms with Crippen LogP contribution in [0.25, 0.3) is 0 Å². The quantitative estimate of drug-likeness (QED) is 0.612. The van der Waals surface area contributed by atoms with Gasteiger partial charge in [0, 0.05) is 24.9 Å². The molecule has 15 heavy (non-hydrogen) atoms. The number of likely N-dealkylation sites (tertiary alicyclic amines) is 1. The van der Waals surface area contributed by atoms with Crippen LogP contribution in [-0.4, -0.2) is 42.9 Å². The number of ether oxygens (including phenoxy) is 2. The van der Waals surface area contributed by atoms with E-state index in [1.807, 2.05) is 25.7 Å². The normalized spacial score (nSPS) is 30.5. The van der Waals surface area contributed by atoms with E-state index in [9.17, 15) is 4.79 Å². The van der Waals surface area contributed by atoms with E-state index in [0.29, 0.717) is 11.8 Å². The van der Waals surface area contributed by atoms with Gasteiger partial charge in [0.25, 0.3) is 0 Å². The van der Waals surface area contributed by atoms with Gasteiger partial charge in [0.15, 0.2) is 0 Å². The largest absolute Gasteiger partial charge is 0.444 e. The van der Waals surface area contributed by atoms with Crippen molar-refractivity contribution < 1.29 is 14.3 Å². The maximum absolute atomic E-state index is 11.8. The first kappa shape index (κ1) is 10.7. The molecule has 2 aliphatic heterocycles. The number of fused-ring (bicyclic) bond motifs is 1. The number of rotatable bonds is 0. The van der Waals surface area contributed by atoms with Crippen molar-refractivity contribution in [3.8, 4) is 0 Å². The fourth-order valence-corrected chi connectivity index (χ4v) is 2.16. The molecule has 2 saturated heterocycles. The Kier molecular flexibility index (Phi) is 2.63. The number of carbonyl (C=O) groups excluding carboxylic acids is 1. The van der Waals surface area contributed by atoms with Crippen LogP contribution in [0.2, 0.25) is 0 Å². The van der Waals surface area contributed by atoms with Crippen LogP contribution in [0.4, 0.5) is 4.79 Å². The van der Waals surface area contributed by atoms with Gasteiger partial charge in [0.05, 0.1) is 13.2 Å². The third-order valence-electron chi connectivity index (χ3n) is 2.89. The van der Waals surface area contributed by atoms with Crippen LogP contribution in [-0.2, 0) is 9.47 Å². The van der Waals surface area contributed by atoms with E-state index in [4.69, 9.17) is 9.47 Å². The summed E-state index contributed by atoms with van der Waals surface area (Å²) in [5.41, 5.74) is -0.398. The van der Waals surface area contributed by atoms with Gasteiger partial charge in [-0.25, -0.2) is 4.79 Å². The molecule has 4 nitrogen and oxygen atoms in total. The van der Waals surface area contributed by atoms with Crippen molar-refractivity contribution in [3.63, 3.8) is 0 Å². The average molecular weight is 213 g/mol. The lowest BCUT2D eigenvalue weighted by Crippen LogP contribution is -2.36. The highest BCUT2D eigenvalue weighted by Gasteiger charge is 2.40. The minimum atomic E-state index is -0.398. The third kappa shape index (κ3) is 2.43. The molecule has 0 aliphatic carbocycles. The monoisotopic (exact) mass is 213 g/mol. The second-order valence-electron chi connectivity index (χ2n) is 5.44. The number of nitrogens with zero attached hydrogens (tertiary/aromatic N) is 1. The standard InChI is InChI=1S/C11H19NO3/c1-11(2,3)15-10(13)12-4-8-6-14-7-9(8)5-12/h8-9H,4-7H2,1-3H3/t8-,9+. The fourth-order valence-electron chi connectivity index (χ4n) is 2.16. The Hall–Kier alpha value is -0.770. The van der Waals surface area contributed by atoms with Gasteiger partial charge in [0.2, 0.25) is 0 Å². The van der Waals surface area contributed by atoms with E-state index in [2.05, 4.69) is 0 Å².